The van der Waals surface area contributed by atoms with Crippen molar-refractivity contribution in [2.45, 2.75) is 52.6 Å². The Kier molecular flexibility index (Phi) is 8.58. The predicted molar refractivity (Wildman–Crippen MR) is 129 cm³/mol. The van der Waals surface area contributed by atoms with Crippen LogP contribution >= 0.6 is 11.3 Å². The summed E-state index contributed by atoms with van der Waals surface area (Å²) in [4.78, 5) is 9.97. The molecule has 5 nitrogen and oxygen atoms in total. The minimum atomic E-state index is 0.318. The Balaban J connectivity index is 1.53. The molecular formula is C24H36N4OS. The molecule has 3 rings (SSSR count). The van der Waals surface area contributed by atoms with Crippen LogP contribution in [0.3, 0.4) is 0 Å². The number of aliphatic imine (C=N–C) groups is 1. The van der Waals surface area contributed by atoms with Gasteiger partial charge in [0.2, 0.25) is 0 Å². The fraction of sp³-hybridized carbons (Fsp3) is 0.542. The van der Waals surface area contributed by atoms with Crippen LogP contribution in [-0.2, 0) is 13.0 Å². The topological polar surface area (TPSA) is 59.9 Å². The van der Waals surface area contributed by atoms with E-state index in [4.69, 9.17) is 4.99 Å². The number of anilines is 1. The van der Waals surface area contributed by atoms with E-state index in [-0.39, 0.29) is 0 Å². The van der Waals surface area contributed by atoms with Crippen molar-refractivity contribution >= 4 is 23.0 Å². The van der Waals surface area contributed by atoms with Crippen LogP contribution in [0.25, 0.3) is 0 Å². The number of hydrogen-bond acceptors (Lipinski definition) is 4. The van der Waals surface area contributed by atoms with E-state index in [9.17, 15) is 5.11 Å². The molecular weight excluding hydrogens is 392 g/mol. The summed E-state index contributed by atoms with van der Waals surface area (Å²) in [6, 6.07) is 13.5. The number of thiophene rings is 1. The average Bonchev–Trinajstić information content (AvgIpc) is 3.17. The number of aryl methyl sites for hydroxylation is 1. The maximum Gasteiger partial charge on any atom is 0.191 e. The molecule has 0 amide bonds. The molecule has 1 aromatic carbocycles. The van der Waals surface area contributed by atoms with Crippen LogP contribution < -0.4 is 15.5 Å². The van der Waals surface area contributed by atoms with E-state index in [0.29, 0.717) is 25.1 Å². The van der Waals surface area contributed by atoms with Crippen LogP contribution in [0.15, 0.2) is 41.4 Å². The van der Waals surface area contributed by atoms with Crippen molar-refractivity contribution in [3.05, 3.63) is 51.7 Å². The molecule has 3 N–H and O–H groups in total. The fourth-order valence-corrected chi connectivity index (χ4v) is 4.88. The molecule has 1 unspecified atom stereocenters. The van der Waals surface area contributed by atoms with Gasteiger partial charge in [0.1, 0.15) is 0 Å². The minimum absolute atomic E-state index is 0.318. The van der Waals surface area contributed by atoms with Gasteiger partial charge in [0.25, 0.3) is 0 Å². The molecule has 2 heterocycles. The zero-order valence-corrected chi connectivity index (χ0v) is 19.3. The van der Waals surface area contributed by atoms with Gasteiger partial charge in [0.15, 0.2) is 5.96 Å². The van der Waals surface area contributed by atoms with Crippen LogP contribution in [0.2, 0.25) is 0 Å². The van der Waals surface area contributed by atoms with Crippen molar-refractivity contribution in [3.8, 4) is 0 Å². The molecule has 1 atom stereocenters. The van der Waals surface area contributed by atoms with Crippen LogP contribution in [0, 0.1) is 12.8 Å². The number of rotatable bonds is 8. The van der Waals surface area contributed by atoms with Crippen LogP contribution in [0.1, 0.15) is 42.0 Å². The van der Waals surface area contributed by atoms with Crippen molar-refractivity contribution in [2.24, 2.45) is 10.9 Å². The van der Waals surface area contributed by atoms with Crippen molar-refractivity contribution in [1.82, 2.24) is 10.6 Å². The zero-order chi connectivity index (χ0) is 21.3. The molecule has 30 heavy (non-hydrogen) atoms. The van der Waals surface area contributed by atoms with Crippen molar-refractivity contribution in [2.75, 3.05) is 31.1 Å². The van der Waals surface area contributed by atoms with E-state index in [1.54, 1.807) is 0 Å². The summed E-state index contributed by atoms with van der Waals surface area (Å²) in [7, 11) is 0. The molecule has 1 aliphatic rings. The Labute approximate surface area is 185 Å². The molecule has 164 valence electrons. The molecule has 0 radical (unpaired) electrons. The Bertz CT molecular complexity index is 794. The Morgan fingerprint density at radius 1 is 1.20 bits per heavy atom. The molecule has 1 aliphatic heterocycles. The first kappa shape index (κ1) is 22.6. The third-order valence-electron chi connectivity index (χ3n) is 5.62. The lowest BCUT2D eigenvalue weighted by atomic mass is 9.97. The number of piperidine rings is 1. The summed E-state index contributed by atoms with van der Waals surface area (Å²) >= 11 is 1.86. The van der Waals surface area contributed by atoms with Crippen molar-refractivity contribution in [1.29, 1.82) is 0 Å². The zero-order valence-electron chi connectivity index (χ0n) is 18.5. The van der Waals surface area contributed by atoms with Gasteiger partial charge < -0.3 is 20.6 Å². The number of nitrogens with zero attached hydrogens (tertiary/aromatic N) is 2. The van der Waals surface area contributed by atoms with Gasteiger partial charge in [0, 0.05) is 54.1 Å². The Morgan fingerprint density at radius 3 is 2.53 bits per heavy atom. The highest BCUT2D eigenvalue weighted by molar-refractivity contribution is 7.11. The van der Waals surface area contributed by atoms with Crippen LogP contribution in [-0.4, -0.2) is 43.3 Å². The SMILES string of the molecule is CCNC(=NCc1ccc(N2CCC(CO)CC2)cc1)NC(C)Cc1ccc(C)s1. The van der Waals surface area contributed by atoms with Gasteiger partial charge in [-0.2, -0.15) is 0 Å². The smallest absolute Gasteiger partial charge is 0.191 e. The van der Waals surface area contributed by atoms with E-state index in [0.717, 1.165) is 44.9 Å². The normalized spacial score (nSPS) is 16.5. The van der Waals surface area contributed by atoms with Gasteiger partial charge in [-0.15, -0.1) is 11.3 Å². The maximum atomic E-state index is 9.31. The number of nitrogens with one attached hydrogen (secondary N) is 2. The maximum absolute atomic E-state index is 9.31. The van der Waals surface area contributed by atoms with Gasteiger partial charge in [-0.05, 0) is 69.4 Å². The molecule has 6 heteroatoms. The number of aliphatic hydroxyl groups excluding tert-OH is 1. The van der Waals surface area contributed by atoms with Crippen molar-refractivity contribution < 1.29 is 5.11 Å². The van der Waals surface area contributed by atoms with Crippen molar-refractivity contribution in [3.63, 3.8) is 0 Å². The standard InChI is InChI=1S/C24H36N4OS/c1-4-25-24(27-18(2)15-23-10-5-19(3)30-23)26-16-20-6-8-22(9-7-20)28-13-11-21(17-29)12-14-28/h5-10,18,21,29H,4,11-17H2,1-3H3,(H2,25,26,27). The van der Waals surface area contributed by atoms with Gasteiger partial charge in [0.05, 0.1) is 6.54 Å². The molecule has 0 saturated carbocycles. The van der Waals surface area contributed by atoms with Gasteiger partial charge in [-0.25, -0.2) is 4.99 Å². The molecule has 1 saturated heterocycles. The quantitative estimate of drug-likeness (QED) is 0.440. The number of benzene rings is 1. The van der Waals surface area contributed by atoms with E-state index < -0.39 is 0 Å². The van der Waals surface area contributed by atoms with Gasteiger partial charge >= 0.3 is 0 Å². The summed E-state index contributed by atoms with van der Waals surface area (Å²) in [6.45, 7) is 10.3. The Morgan fingerprint density at radius 2 is 1.93 bits per heavy atom. The minimum Gasteiger partial charge on any atom is -0.396 e. The monoisotopic (exact) mass is 428 g/mol. The second-order valence-corrected chi connectivity index (χ2v) is 9.61. The number of hydrogen-bond donors (Lipinski definition) is 3. The number of guanidine groups is 1. The highest BCUT2D eigenvalue weighted by Crippen LogP contribution is 2.23. The molecule has 0 aliphatic carbocycles. The second kappa shape index (κ2) is 11.4. The largest absolute Gasteiger partial charge is 0.396 e. The fourth-order valence-electron chi connectivity index (χ4n) is 3.86. The van der Waals surface area contributed by atoms with E-state index in [2.05, 4.69) is 72.7 Å². The third-order valence-corrected chi connectivity index (χ3v) is 6.65. The molecule has 1 aromatic heterocycles. The summed E-state index contributed by atoms with van der Waals surface area (Å²) in [6.07, 6.45) is 3.15. The average molecular weight is 429 g/mol. The molecule has 0 spiro atoms. The lowest BCUT2D eigenvalue weighted by Gasteiger charge is -2.32. The first-order valence-corrected chi connectivity index (χ1v) is 11.9. The molecule has 1 fully saturated rings. The van der Waals surface area contributed by atoms with E-state index >= 15 is 0 Å². The lowest BCUT2D eigenvalue weighted by Crippen LogP contribution is -2.43. The lowest BCUT2D eigenvalue weighted by molar-refractivity contribution is 0.203. The van der Waals surface area contributed by atoms with Crippen LogP contribution in [0.5, 0.6) is 0 Å². The van der Waals surface area contributed by atoms with Gasteiger partial charge in [-0.3, -0.25) is 0 Å². The Hall–Kier alpha value is -2.05. The number of aliphatic hydroxyl groups is 1. The highest BCUT2D eigenvalue weighted by Gasteiger charge is 2.18. The highest BCUT2D eigenvalue weighted by atomic mass is 32.1. The second-order valence-electron chi connectivity index (χ2n) is 8.24. The first-order chi connectivity index (χ1) is 14.6. The van der Waals surface area contributed by atoms with Gasteiger partial charge in [-0.1, -0.05) is 12.1 Å². The first-order valence-electron chi connectivity index (χ1n) is 11.1. The predicted octanol–water partition coefficient (Wildman–Crippen LogP) is 3.95. The van der Waals surface area contributed by atoms with Crippen LogP contribution in [0.4, 0.5) is 5.69 Å². The van der Waals surface area contributed by atoms with E-state index in [1.165, 1.54) is 21.0 Å². The molecule has 0 bridgehead atoms. The third kappa shape index (κ3) is 6.74. The summed E-state index contributed by atoms with van der Waals surface area (Å²) < 4.78 is 0. The summed E-state index contributed by atoms with van der Waals surface area (Å²) in [5.74, 6) is 1.34. The molecule has 2 aromatic rings. The summed E-state index contributed by atoms with van der Waals surface area (Å²) in [5, 5.41) is 16.2. The van der Waals surface area contributed by atoms with E-state index in [1.807, 2.05) is 11.3 Å². The summed E-state index contributed by atoms with van der Waals surface area (Å²) in [5.41, 5.74) is 2.48.